The van der Waals surface area contributed by atoms with Crippen molar-refractivity contribution in [1.82, 2.24) is 4.98 Å². The summed E-state index contributed by atoms with van der Waals surface area (Å²) in [6.45, 7) is 2.93. The molecule has 1 aromatic heterocycles. The number of nitrogens with zero attached hydrogens (tertiary/aromatic N) is 3. The zero-order valence-corrected chi connectivity index (χ0v) is 8.34. The smallest absolute Gasteiger partial charge is 0.272 e. The Labute approximate surface area is 86.6 Å². The van der Waals surface area contributed by atoms with E-state index < -0.39 is 4.92 Å². The van der Waals surface area contributed by atoms with Gasteiger partial charge in [-0.3, -0.25) is 15.0 Å². The number of nitro groups is 1. The first-order chi connectivity index (χ1) is 7.20. The van der Waals surface area contributed by atoms with Crippen molar-refractivity contribution in [3.8, 4) is 0 Å². The van der Waals surface area contributed by atoms with Crippen LogP contribution in [0.15, 0.2) is 12.3 Å². The summed E-state index contributed by atoms with van der Waals surface area (Å²) in [6, 6.07) is 1.62. The summed E-state index contributed by atoms with van der Waals surface area (Å²) in [4.78, 5) is 19.7. The Morgan fingerprint density at radius 3 is 3.07 bits per heavy atom. The van der Waals surface area contributed by atoms with Gasteiger partial charge in [-0.15, -0.1) is 0 Å². The zero-order chi connectivity index (χ0) is 10.8. The van der Waals surface area contributed by atoms with Crippen LogP contribution in [-0.2, 0) is 4.84 Å². The summed E-state index contributed by atoms with van der Waals surface area (Å²) in [5.41, 5.74) is 0.625. The van der Waals surface area contributed by atoms with Gasteiger partial charge in [-0.05, 0) is 19.4 Å². The molecule has 80 valence electrons. The van der Waals surface area contributed by atoms with E-state index in [-0.39, 0.29) is 5.69 Å². The van der Waals surface area contributed by atoms with E-state index in [1.54, 1.807) is 19.2 Å². The zero-order valence-electron chi connectivity index (χ0n) is 8.34. The summed E-state index contributed by atoms with van der Waals surface area (Å²) in [5, 5.41) is 12.4. The van der Waals surface area contributed by atoms with E-state index in [1.165, 1.54) is 5.06 Å². The van der Waals surface area contributed by atoms with E-state index in [1.807, 2.05) is 0 Å². The molecule has 1 fully saturated rings. The maximum absolute atomic E-state index is 10.9. The molecular weight excluding hydrogens is 198 g/mol. The lowest BCUT2D eigenvalue weighted by molar-refractivity contribution is -0.385. The lowest BCUT2D eigenvalue weighted by Gasteiger charge is -2.14. The molecule has 2 heterocycles. The van der Waals surface area contributed by atoms with Gasteiger partial charge in [0.25, 0.3) is 0 Å². The molecule has 6 heteroatoms. The van der Waals surface area contributed by atoms with Gasteiger partial charge in [-0.1, -0.05) is 0 Å². The summed E-state index contributed by atoms with van der Waals surface area (Å²) < 4.78 is 0. The highest BCUT2D eigenvalue weighted by Crippen LogP contribution is 2.30. The summed E-state index contributed by atoms with van der Waals surface area (Å²) in [7, 11) is 0. The Hall–Kier alpha value is -1.69. The number of aromatic nitrogens is 1. The molecule has 0 aliphatic carbocycles. The molecule has 0 aromatic carbocycles. The molecule has 1 aromatic rings. The fraction of sp³-hybridized carbons (Fsp3) is 0.444. The summed E-state index contributed by atoms with van der Waals surface area (Å²) >= 11 is 0. The maximum atomic E-state index is 10.9. The van der Waals surface area contributed by atoms with Crippen LogP contribution >= 0.6 is 0 Å². The van der Waals surface area contributed by atoms with Crippen molar-refractivity contribution in [1.29, 1.82) is 0 Å². The maximum Gasteiger partial charge on any atom is 0.316 e. The highest BCUT2D eigenvalue weighted by molar-refractivity contribution is 5.60. The fourth-order valence-electron chi connectivity index (χ4n) is 1.56. The lowest BCUT2D eigenvalue weighted by Crippen LogP contribution is -2.19. The second kappa shape index (κ2) is 3.82. The molecule has 0 atom stereocenters. The van der Waals surface area contributed by atoms with Gasteiger partial charge in [0.1, 0.15) is 0 Å². The number of aryl methyl sites for hydroxylation is 1. The van der Waals surface area contributed by atoms with Crippen LogP contribution in [0.3, 0.4) is 0 Å². The van der Waals surface area contributed by atoms with Crippen molar-refractivity contribution in [2.45, 2.75) is 13.3 Å². The van der Waals surface area contributed by atoms with Crippen LogP contribution in [0.4, 0.5) is 11.5 Å². The highest BCUT2D eigenvalue weighted by atomic mass is 16.7. The minimum atomic E-state index is -0.417. The van der Waals surface area contributed by atoms with Crippen LogP contribution in [0.1, 0.15) is 12.0 Å². The van der Waals surface area contributed by atoms with Crippen LogP contribution in [0.25, 0.3) is 0 Å². The Bertz CT molecular complexity index is 388. The molecule has 0 unspecified atom stereocenters. The first-order valence-corrected chi connectivity index (χ1v) is 4.70. The molecule has 0 spiro atoms. The first kappa shape index (κ1) is 9.85. The van der Waals surface area contributed by atoms with Gasteiger partial charge in [0.05, 0.1) is 11.5 Å². The molecule has 0 amide bonds. The largest absolute Gasteiger partial charge is 0.316 e. The van der Waals surface area contributed by atoms with Crippen molar-refractivity contribution in [2.75, 3.05) is 18.2 Å². The third kappa shape index (κ3) is 1.75. The van der Waals surface area contributed by atoms with Crippen molar-refractivity contribution < 1.29 is 9.76 Å². The van der Waals surface area contributed by atoms with Gasteiger partial charge in [0.2, 0.25) is 5.82 Å². The number of rotatable bonds is 2. The Kier molecular flexibility index (Phi) is 2.51. The van der Waals surface area contributed by atoms with Crippen LogP contribution in [0.2, 0.25) is 0 Å². The van der Waals surface area contributed by atoms with E-state index in [2.05, 4.69) is 4.98 Å². The highest BCUT2D eigenvalue weighted by Gasteiger charge is 2.26. The minimum absolute atomic E-state index is 0.0272. The topological polar surface area (TPSA) is 68.5 Å². The quantitative estimate of drug-likeness (QED) is 0.544. The van der Waals surface area contributed by atoms with E-state index in [0.29, 0.717) is 24.5 Å². The van der Waals surface area contributed by atoms with Crippen LogP contribution in [0.5, 0.6) is 0 Å². The molecule has 0 bridgehead atoms. The summed E-state index contributed by atoms with van der Waals surface area (Å²) in [5.74, 6) is 0.303. The van der Waals surface area contributed by atoms with E-state index in [4.69, 9.17) is 4.84 Å². The Morgan fingerprint density at radius 1 is 1.67 bits per heavy atom. The molecule has 15 heavy (non-hydrogen) atoms. The van der Waals surface area contributed by atoms with Crippen LogP contribution in [0, 0.1) is 17.0 Å². The third-order valence-corrected chi connectivity index (χ3v) is 2.28. The molecule has 1 aliphatic rings. The van der Waals surface area contributed by atoms with Gasteiger partial charge >= 0.3 is 5.69 Å². The van der Waals surface area contributed by atoms with Crippen LogP contribution < -0.4 is 5.06 Å². The molecule has 0 saturated carbocycles. The second-order valence-corrected chi connectivity index (χ2v) is 3.35. The van der Waals surface area contributed by atoms with Crippen molar-refractivity contribution >= 4 is 11.5 Å². The predicted molar refractivity (Wildman–Crippen MR) is 53.5 cm³/mol. The second-order valence-electron chi connectivity index (χ2n) is 3.35. The van der Waals surface area contributed by atoms with Gasteiger partial charge in [0, 0.05) is 18.3 Å². The number of pyridine rings is 1. The van der Waals surface area contributed by atoms with E-state index in [0.717, 1.165) is 6.42 Å². The molecule has 2 rings (SSSR count). The van der Waals surface area contributed by atoms with Gasteiger partial charge in [-0.25, -0.2) is 10.0 Å². The average Bonchev–Trinajstić information content (AvgIpc) is 2.69. The number of hydroxylamine groups is 1. The molecule has 1 aliphatic heterocycles. The number of hydrogen-bond acceptors (Lipinski definition) is 5. The molecule has 0 radical (unpaired) electrons. The first-order valence-electron chi connectivity index (χ1n) is 4.70. The fourth-order valence-corrected chi connectivity index (χ4v) is 1.56. The third-order valence-electron chi connectivity index (χ3n) is 2.28. The van der Waals surface area contributed by atoms with Crippen molar-refractivity contribution in [3.05, 3.63) is 27.9 Å². The van der Waals surface area contributed by atoms with Gasteiger partial charge in [-0.2, -0.15) is 0 Å². The lowest BCUT2D eigenvalue weighted by atomic mass is 10.2. The van der Waals surface area contributed by atoms with Crippen LogP contribution in [-0.4, -0.2) is 23.1 Å². The number of anilines is 1. The van der Waals surface area contributed by atoms with E-state index >= 15 is 0 Å². The van der Waals surface area contributed by atoms with E-state index in [9.17, 15) is 10.1 Å². The summed E-state index contributed by atoms with van der Waals surface area (Å²) in [6.07, 6.45) is 2.42. The molecular formula is C9H11N3O3. The SMILES string of the molecule is Cc1ccnc(N2CCCO2)c1[N+](=O)[O-]. The predicted octanol–water partition coefficient (Wildman–Crippen LogP) is 1.44. The Morgan fingerprint density at radius 2 is 2.47 bits per heavy atom. The van der Waals surface area contributed by atoms with Crippen molar-refractivity contribution in [3.63, 3.8) is 0 Å². The van der Waals surface area contributed by atoms with Crippen molar-refractivity contribution in [2.24, 2.45) is 0 Å². The Balaban J connectivity index is 2.45. The van der Waals surface area contributed by atoms with Gasteiger partial charge in [0.15, 0.2) is 0 Å². The number of hydrogen-bond donors (Lipinski definition) is 0. The standard InChI is InChI=1S/C9H11N3O3/c1-7-3-4-10-9(8(7)12(13)14)11-5-2-6-15-11/h3-4H,2,5-6H2,1H3. The monoisotopic (exact) mass is 209 g/mol. The molecule has 6 nitrogen and oxygen atoms in total. The average molecular weight is 209 g/mol. The van der Waals surface area contributed by atoms with Gasteiger partial charge < -0.3 is 0 Å². The molecule has 0 N–H and O–H groups in total. The normalized spacial score (nSPS) is 15.7. The molecule has 1 saturated heterocycles. The minimum Gasteiger partial charge on any atom is -0.272 e.